The summed E-state index contributed by atoms with van der Waals surface area (Å²) in [5.74, 6) is 0. The standard InChI is InChI=1S/C38H42N3/c1-30(2)40-29-41(38(34-23-13-6-14-24-34)37(40)33-21-11-5-12-22-33)36-26-16-15-25-35(36)39(27-31-17-7-3-8-18-31)28-32-19-9-4-10-20-32/h3-14,17-24,29-30,35-36H,15-16,25-28H2,1-2H3/q+1/t35-,36-/m1/s1. The molecule has 1 aliphatic rings. The van der Waals surface area contributed by atoms with Gasteiger partial charge < -0.3 is 0 Å². The van der Waals surface area contributed by atoms with E-state index in [1.54, 1.807) is 0 Å². The van der Waals surface area contributed by atoms with Crippen molar-refractivity contribution in [1.29, 1.82) is 0 Å². The zero-order chi connectivity index (χ0) is 28.0. The van der Waals surface area contributed by atoms with Crippen molar-refractivity contribution in [2.75, 3.05) is 0 Å². The predicted octanol–water partition coefficient (Wildman–Crippen LogP) is 8.88. The Balaban J connectivity index is 1.49. The maximum Gasteiger partial charge on any atom is 0.245 e. The summed E-state index contributed by atoms with van der Waals surface area (Å²) in [6.07, 6.45) is 7.37. The van der Waals surface area contributed by atoms with Gasteiger partial charge in [0, 0.05) is 24.2 Å². The molecule has 3 heteroatoms. The minimum Gasteiger partial charge on any atom is -0.288 e. The fourth-order valence-electron chi connectivity index (χ4n) is 6.67. The Kier molecular flexibility index (Phi) is 8.44. The third-order valence-electron chi connectivity index (χ3n) is 8.62. The van der Waals surface area contributed by atoms with Crippen molar-refractivity contribution in [3.8, 4) is 22.5 Å². The summed E-state index contributed by atoms with van der Waals surface area (Å²) in [5, 5.41) is 0. The molecule has 0 bridgehead atoms. The number of hydrogen-bond acceptors (Lipinski definition) is 1. The van der Waals surface area contributed by atoms with E-state index in [2.05, 4.69) is 156 Å². The summed E-state index contributed by atoms with van der Waals surface area (Å²) in [7, 11) is 0. The summed E-state index contributed by atoms with van der Waals surface area (Å²) in [6, 6.07) is 45.2. The van der Waals surface area contributed by atoms with E-state index >= 15 is 0 Å². The molecule has 0 amide bonds. The molecule has 2 atom stereocenters. The second kappa shape index (κ2) is 12.7. The van der Waals surface area contributed by atoms with Crippen LogP contribution < -0.4 is 4.57 Å². The Morgan fingerprint density at radius 3 is 1.68 bits per heavy atom. The predicted molar refractivity (Wildman–Crippen MR) is 169 cm³/mol. The molecule has 6 rings (SSSR count). The first kappa shape index (κ1) is 27.2. The van der Waals surface area contributed by atoms with Gasteiger partial charge >= 0.3 is 0 Å². The highest BCUT2D eigenvalue weighted by atomic mass is 15.2. The van der Waals surface area contributed by atoms with E-state index in [1.807, 2.05) is 0 Å². The number of nitrogens with zero attached hydrogens (tertiary/aromatic N) is 3. The average Bonchev–Trinajstić information content (AvgIpc) is 3.44. The van der Waals surface area contributed by atoms with Gasteiger partial charge in [-0.05, 0) is 44.2 Å². The fourth-order valence-corrected chi connectivity index (χ4v) is 6.67. The molecule has 1 saturated carbocycles. The van der Waals surface area contributed by atoms with Crippen molar-refractivity contribution in [1.82, 2.24) is 9.47 Å². The van der Waals surface area contributed by atoms with Crippen molar-refractivity contribution in [3.05, 3.63) is 139 Å². The van der Waals surface area contributed by atoms with Crippen molar-refractivity contribution in [2.24, 2.45) is 0 Å². The van der Waals surface area contributed by atoms with Crippen molar-refractivity contribution in [3.63, 3.8) is 0 Å². The molecule has 4 aromatic carbocycles. The van der Waals surface area contributed by atoms with Crippen molar-refractivity contribution >= 4 is 0 Å². The van der Waals surface area contributed by atoms with Gasteiger partial charge in [-0.2, -0.15) is 0 Å². The first-order valence-electron chi connectivity index (χ1n) is 15.3. The maximum atomic E-state index is 2.76. The van der Waals surface area contributed by atoms with E-state index in [-0.39, 0.29) is 0 Å². The van der Waals surface area contributed by atoms with Crippen molar-refractivity contribution in [2.45, 2.75) is 70.7 Å². The Bertz CT molecular complexity index is 1470. The molecular formula is C38H42N3+. The number of aromatic nitrogens is 2. The zero-order valence-corrected chi connectivity index (χ0v) is 24.4. The highest BCUT2D eigenvalue weighted by Crippen LogP contribution is 2.37. The molecule has 1 aliphatic carbocycles. The molecule has 0 aliphatic heterocycles. The average molecular weight is 541 g/mol. The minimum atomic E-state index is 0.348. The topological polar surface area (TPSA) is 12.0 Å². The summed E-state index contributed by atoms with van der Waals surface area (Å²) >= 11 is 0. The van der Waals surface area contributed by atoms with Gasteiger partial charge in [-0.3, -0.25) is 4.90 Å². The van der Waals surface area contributed by atoms with E-state index in [4.69, 9.17) is 0 Å². The van der Waals surface area contributed by atoms with E-state index in [0.717, 1.165) is 13.1 Å². The quantitative estimate of drug-likeness (QED) is 0.170. The van der Waals surface area contributed by atoms with Crippen LogP contribution in [0.15, 0.2) is 128 Å². The van der Waals surface area contributed by atoms with Gasteiger partial charge in [0.15, 0.2) is 11.4 Å². The van der Waals surface area contributed by atoms with E-state index < -0.39 is 0 Å². The molecule has 1 heterocycles. The molecule has 208 valence electrons. The highest BCUT2D eigenvalue weighted by Gasteiger charge is 2.39. The lowest BCUT2D eigenvalue weighted by molar-refractivity contribution is -0.720. The normalized spacial score (nSPS) is 17.3. The van der Waals surface area contributed by atoms with Crippen LogP contribution in [0.2, 0.25) is 0 Å². The van der Waals surface area contributed by atoms with E-state index in [0.29, 0.717) is 18.1 Å². The Morgan fingerprint density at radius 2 is 1.15 bits per heavy atom. The third kappa shape index (κ3) is 6.06. The van der Waals surface area contributed by atoms with Gasteiger partial charge in [-0.25, -0.2) is 9.13 Å². The molecule has 3 nitrogen and oxygen atoms in total. The van der Waals surface area contributed by atoms with Gasteiger partial charge in [-0.15, -0.1) is 0 Å². The van der Waals surface area contributed by atoms with Crippen LogP contribution >= 0.6 is 0 Å². The molecule has 0 radical (unpaired) electrons. The lowest BCUT2D eigenvalue weighted by Gasteiger charge is -2.39. The SMILES string of the molecule is CC(C)n1c[n+]([C@@H]2CCCC[C@H]2N(Cc2ccccc2)Cc2ccccc2)c(-c2ccccc2)c1-c1ccccc1. The lowest BCUT2D eigenvalue weighted by atomic mass is 9.87. The maximum absolute atomic E-state index is 2.76. The molecule has 5 aromatic rings. The summed E-state index contributed by atoms with van der Waals surface area (Å²) in [6.45, 7) is 6.52. The lowest BCUT2D eigenvalue weighted by Crippen LogP contribution is -2.53. The van der Waals surface area contributed by atoms with Gasteiger partial charge in [0.2, 0.25) is 6.33 Å². The van der Waals surface area contributed by atoms with Crippen LogP contribution in [-0.2, 0) is 13.1 Å². The molecular weight excluding hydrogens is 498 g/mol. The number of imidazole rings is 1. The largest absolute Gasteiger partial charge is 0.288 e. The van der Waals surface area contributed by atoms with Gasteiger partial charge in [0.05, 0.1) is 12.1 Å². The Morgan fingerprint density at radius 1 is 0.659 bits per heavy atom. The molecule has 0 saturated heterocycles. The summed E-state index contributed by atoms with van der Waals surface area (Å²) in [5.41, 5.74) is 7.97. The van der Waals surface area contributed by atoms with Crippen molar-refractivity contribution < 1.29 is 4.57 Å². The van der Waals surface area contributed by atoms with E-state index in [1.165, 1.54) is 59.3 Å². The molecule has 0 spiro atoms. The Hall–Kier alpha value is -3.95. The Labute approximate surface area is 245 Å². The van der Waals surface area contributed by atoms with Gasteiger partial charge in [-0.1, -0.05) is 128 Å². The summed E-state index contributed by atoms with van der Waals surface area (Å²) in [4.78, 5) is 2.76. The van der Waals surface area contributed by atoms with E-state index in [9.17, 15) is 0 Å². The molecule has 1 aromatic heterocycles. The number of hydrogen-bond donors (Lipinski definition) is 0. The van der Waals surface area contributed by atoms with Crippen LogP contribution in [0.1, 0.15) is 62.7 Å². The summed E-state index contributed by atoms with van der Waals surface area (Å²) < 4.78 is 5.16. The van der Waals surface area contributed by atoms with Crippen LogP contribution in [0.25, 0.3) is 22.5 Å². The minimum absolute atomic E-state index is 0.348. The van der Waals surface area contributed by atoms with Crippen LogP contribution in [0.5, 0.6) is 0 Å². The fraction of sp³-hybridized carbons (Fsp3) is 0.289. The second-order valence-electron chi connectivity index (χ2n) is 11.7. The smallest absolute Gasteiger partial charge is 0.245 e. The van der Waals surface area contributed by atoms with Gasteiger partial charge in [0.25, 0.3) is 0 Å². The molecule has 0 unspecified atom stereocenters. The number of rotatable bonds is 9. The van der Waals surface area contributed by atoms with Crippen LogP contribution in [0.3, 0.4) is 0 Å². The van der Waals surface area contributed by atoms with Crippen LogP contribution in [0, 0.1) is 0 Å². The highest BCUT2D eigenvalue weighted by molar-refractivity contribution is 5.76. The van der Waals surface area contributed by atoms with Gasteiger partial charge in [0.1, 0.15) is 6.04 Å². The number of benzene rings is 4. The van der Waals surface area contributed by atoms with Crippen LogP contribution in [0.4, 0.5) is 0 Å². The molecule has 1 fully saturated rings. The monoisotopic (exact) mass is 540 g/mol. The first-order valence-corrected chi connectivity index (χ1v) is 15.3. The zero-order valence-electron chi connectivity index (χ0n) is 24.4. The third-order valence-corrected chi connectivity index (χ3v) is 8.62. The second-order valence-corrected chi connectivity index (χ2v) is 11.7. The first-order chi connectivity index (χ1) is 20.2. The molecule has 0 N–H and O–H groups in total. The molecule has 41 heavy (non-hydrogen) atoms. The van der Waals surface area contributed by atoms with Crippen LogP contribution in [-0.4, -0.2) is 15.5 Å².